The zero-order valence-electron chi connectivity index (χ0n) is 16.2. The molecule has 0 radical (unpaired) electrons. The van der Waals surface area contributed by atoms with Gasteiger partial charge in [-0.1, -0.05) is 0 Å². The van der Waals surface area contributed by atoms with Crippen LogP contribution in [-0.2, 0) is 14.4 Å². The molecule has 2 amide bonds. The molecule has 2 N–H and O–H groups in total. The van der Waals surface area contributed by atoms with Gasteiger partial charge in [-0.3, -0.25) is 9.59 Å². The van der Waals surface area contributed by atoms with Crippen LogP contribution in [0.3, 0.4) is 0 Å². The first-order valence-corrected chi connectivity index (χ1v) is 9.08. The number of carboxylic acid groups (broad SMARTS) is 1. The van der Waals surface area contributed by atoms with E-state index in [9.17, 15) is 14.4 Å². The van der Waals surface area contributed by atoms with Crippen molar-refractivity contribution in [2.24, 2.45) is 5.92 Å². The highest BCUT2D eigenvalue weighted by Crippen LogP contribution is 2.28. The Morgan fingerprint density at radius 2 is 1.86 bits per heavy atom. The molecule has 1 aliphatic rings. The van der Waals surface area contributed by atoms with Crippen molar-refractivity contribution in [3.05, 3.63) is 48.0 Å². The first kappa shape index (κ1) is 20.2. The molecule has 0 spiro atoms. The highest BCUT2D eigenvalue weighted by molar-refractivity contribution is 6.03. The van der Waals surface area contributed by atoms with Crippen LogP contribution in [0.1, 0.15) is 12.0 Å². The molecule has 29 heavy (non-hydrogen) atoms. The van der Waals surface area contributed by atoms with Crippen molar-refractivity contribution >= 4 is 29.2 Å². The second kappa shape index (κ2) is 8.64. The van der Waals surface area contributed by atoms with Crippen LogP contribution >= 0.6 is 0 Å². The monoisotopic (exact) mass is 398 g/mol. The fourth-order valence-electron chi connectivity index (χ4n) is 3.14. The number of hydrogen-bond acceptors (Lipinski definition) is 5. The lowest BCUT2D eigenvalue weighted by atomic mass is 10.1. The zero-order valence-corrected chi connectivity index (χ0v) is 16.2. The third kappa shape index (κ3) is 4.84. The van der Waals surface area contributed by atoms with Crippen molar-refractivity contribution in [2.45, 2.75) is 13.3 Å². The number of aryl methyl sites for hydroxylation is 1. The minimum absolute atomic E-state index is 0.107. The molecule has 8 heteroatoms. The maximum Gasteiger partial charge on any atom is 0.341 e. The summed E-state index contributed by atoms with van der Waals surface area (Å²) in [7, 11) is 1.57. The molecule has 2 aromatic rings. The lowest BCUT2D eigenvalue weighted by molar-refractivity contribution is -0.139. The highest BCUT2D eigenvalue weighted by atomic mass is 16.5. The number of benzene rings is 2. The third-order valence-electron chi connectivity index (χ3n) is 4.70. The van der Waals surface area contributed by atoms with E-state index in [1.54, 1.807) is 61.4 Å². The molecule has 152 valence electrons. The molecule has 8 nitrogen and oxygen atoms in total. The molecule has 1 fully saturated rings. The van der Waals surface area contributed by atoms with E-state index in [1.165, 1.54) is 0 Å². The summed E-state index contributed by atoms with van der Waals surface area (Å²) in [6.07, 6.45) is 0.136. The Balaban J connectivity index is 1.63. The molecular weight excluding hydrogens is 376 g/mol. The summed E-state index contributed by atoms with van der Waals surface area (Å²) in [4.78, 5) is 37.2. The van der Waals surface area contributed by atoms with Crippen LogP contribution in [0, 0.1) is 12.8 Å². The van der Waals surface area contributed by atoms with Crippen LogP contribution in [0.15, 0.2) is 42.5 Å². The summed E-state index contributed by atoms with van der Waals surface area (Å²) in [5, 5.41) is 11.5. The molecule has 0 aromatic heterocycles. The largest absolute Gasteiger partial charge is 0.497 e. The Kier molecular flexibility index (Phi) is 6.01. The van der Waals surface area contributed by atoms with Gasteiger partial charge in [0.15, 0.2) is 6.61 Å². The summed E-state index contributed by atoms with van der Waals surface area (Å²) < 4.78 is 10.3. The van der Waals surface area contributed by atoms with Gasteiger partial charge in [-0.2, -0.15) is 0 Å². The fraction of sp³-hybridized carbons (Fsp3) is 0.286. The third-order valence-corrected chi connectivity index (χ3v) is 4.70. The molecule has 0 bridgehead atoms. The van der Waals surface area contributed by atoms with E-state index in [-0.39, 0.29) is 18.2 Å². The number of anilines is 2. The number of carbonyl (C=O) groups is 3. The number of nitrogens with one attached hydrogen (secondary N) is 1. The highest BCUT2D eigenvalue weighted by Gasteiger charge is 2.35. The number of carboxylic acids is 1. The van der Waals surface area contributed by atoms with Crippen LogP contribution in [-0.4, -0.2) is 43.2 Å². The van der Waals surface area contributed by atoms with Crippen LogP contribution in [0.4, 0.5) is 11.4 Å². The topological polar surface area (TPSA) is 105 Å². The summed E-state index contributed by atoms with van der Waals surface area (Å²) in [6, 6.07) is 12.0. The minimum atomic E-state index is -1.06. The molecule has 2 aromatic carbocycles. The molecular formula is C21H22N2O6. The van der Waals surface area contributed by atoms with Gasteiger partial charge in [0.2, 0.25) is 11.8 Å². The molecule has 1 atom stereocenters. The fourth-order valence-corrected chi connectivity index (χ4v) is 3.14. The van der Waals surface area contributed by atoms with Gasteiger partial charge < -0.3 is 24.8 Å². The molecule has 1 heterocycles. The number of ether oxygens (including phenoxy) is 2. The Labute approximate surface area is 168 Å². The summed E-state index contributed by atoms with van der Waals surface area (Å²) in [5.74, 6) is -0.772. The van der Waals surface area contributed by atoms with E-state index in [0.29, 0.717) is 23.7 Å². The summed E-state index contributed by atoms with van der Waals surface area (Å²) in [5.41, 5.74) is 2.05. The van der Waals surface area contributed by atoms with E-state index in [1.807, 2.05) is 0 Å². The van der Waals surface area contributed by atoms with Crippen molar-refractivity contribution in [3.8, 4) is 11.5 Å². The number of aliphatic carboxylic acids is 1. The Morgan fingerprint density at radius 3 is 2.48 bits per heavy atom. The first-order valence-electron chi connectivity index (χ1n) is 9.08. The second-order valence-corrected chi connectivity index (χ2v) is 6.75. The van der Waals surface area contributed by atoms with Crippen molar-refractivity contribution in [1.82, 2.24) is 0 Å². The lowest BCUT2D eigenvalue weighted by Crippen LogP contribution is -2.28. The van der Waals surface area contributed by atoms with E-state index in [4.69, 9.17) is 14.6 Å². The SMILES string of the molecule is COc1ccc(N2CC(C(=O)Nc3ccc(OCC(=O)O)cc3C)CC2=O)cc1. The normalized spacial score (nSPS) is 15.9. The molecule has 0 aliphatic carbocycles. The predicted molar refractivity (Wildman–Crippen MR) is 106 cm³/mol. The van der Waals surface area contributed by atoms with Gasteiger partial charge in [-0.15, -0.1) is 0 Å². The van der Waals surface area contributed by atoms with Crippen LogP contribution < -0.4 is 19.7 Å². The van der Waals surface area contributed by atoms with E-state index >= 15 is 0 Å². The van der Waals surface area contributed by atoms with Crippen LogP contribution in [0.2, 0.25) is 0 Å². The van der Waals surface area contributed by atoms with Gasteiger partial charge in [0.05, 0.1) is 13.0 Å². The molecule has 1 unspecified atom stereocenters. The standard InChI is InChI=1S/C21H22N2O6/c1-13-9-17(29-12-20(25)26)7-8-18(13)22-21(27)14-10-19(24)23(11-14)15-3-5-16(28-2)6-4-15/h3-9,14H,10-12H2,1-2H3,(H,22,27)(H,25,26). The Morgan fingerprint density at radius 1 is 1.17 bits per heavy atom. The van der Waals surface area contributed by atoms with Crippen LogP contribution in [0.5, 0.6) is 11.5 Å². The van der Waals surface area contributed by atoms with E-state index in [2.05, 4.69) is 5.32 Å². The van der Waals surface area contributed by atoms with E-state index in [0.717, 1.165) is 11.3 Å². The smallest absolute Gasteiger partial charge is 0.341 e. The zero-order chi connectivity index (χ0) is 21.0. The number of carbonyl (C=O) groups excluding carboxylic acids is 2. The summed E-state index contributed by atoms with van der Waals surface area (Å²) in [6.45, 7) is 1.65. The van der Waals surface area contributed by atoms with Gasteiger partial charge in [-0.05, 0) is 55.0 Å². The lowest BCUT2D eigenvalue weighted by Gasteiger charge is -2.17. The average Bonchev–Trinajstić information content (AvgIpc) is 3.10. The molecule has 1 saturated heterocycles. The van der Waals surface area contributed by atoms with Crippen molar-refractivity contribution in [2.75, 3.05) is 30.5 Å². The molecule has 3 rings (SSSR count). The van der Waals surface area contributed by atoms with Crippen LogP contribution in [0.25, 0.3) is 0 Å². The quantitative estimate of drug-likeness (QED) is 0.742. The van der Waals surface area contributed by atoms with Gasteiger partial charge >= 0.3 is 5.97 Å². The van der Waals surface area contributed by atoms with Crippen molar-refractivity contribution in [1.29, 1.82) is 0 Å². The molecule has 0 saturated carbocycles. The number of amides is 2. The average molecular weight is 398 g/mol. The minimum Gasteiger partial charge on any atom is -0.497 e. The van der Waals surface area contributed by atoms with Crippen molar-refractivity contribution in [3.63, 3.8) is 0 Å². The maximum absolute atomic E-state index is 12.7. The summed E-state index contributed by atoms with van der Waals surface area (Å²) >= 11 is 0. The number of hydrogen-bond donors (Lipinski definition) is 2. The van der Waals surface area contributed by atoms with Gasteiger partial charge in [0, 0.05) is 24.3 Å². The Bertz CT molecular complexity index is 925. The van der Waals surface area contributed by atoms with Crippen molar-refractivity contribution < 1.29 is 29.0 Å². The van der Waals surface area contributed by atoms with Gasteiger partial charge in [0.1, 0.15) is 11.5 Å². The maximum atomic E-state index is 12.7. The number of methoxy groups -OCH3 is 1. The van der Waals surface area contributed by atoms with E-state index < -0.39 is 18.5 Å². The Hall–Kier alpha value is -3.55. The first-order chi connectivity index (χ1) is 13.9. The number of nitrogens with zero attached hydrogens (tertiary/aromatic N) is 1. The van der Waals surface area contributed by atoms with Gasteiger partial charge in [0.25, 0.3) is 0 Å². The predicted octanol–water partition coefficient (Wildman–Crippen LogP) is 2.46. The number of rotatable bonds is 7. The second-order valence-electron chi connectivity index (χ2n) is 6.75. The van der Waals surface area contributed by atoms with Gasteiger partial charge in [-0.25, -0.2) is 4.79 Å². The molecule has 1 aliphatic heterocycles.